The van der Waals surface area contributed by atoms with Crippen LogP contribution < -0.4 is 5.32 Å². The molecule has 0 saturated carbocycles. The van der Waals surface area contributed by atoms with Gasteiger partial charge < -0.3 is 5.32 Å². The molecular weight excluding hydrogens is 1040 g/mol. The van der Waals surface area contributed by atoms with Crippen molar-refractivity contribution < 1.29 is 9.59 Å². The Morgan fingerprint density at radius 2 is 0.737 bits per heavy atom. The number of hydrogen-bond acceptors (Lipinski definition) is 8. The molecule has 0 fully saturated rings. The lowest BCUT2D eigenvalue weighted by atomic mass is 10.0. The summed E-state index contributed by atoms with van der Waals surface area (Å²) >= 11 is 10.9. The quantitative estimate of drug-likeness (QED) is 0.0735. The molecule has 0 unspecified atom stereocenters. The van der Waals surface area contributed by atoms with Gasteiger partial charge in [0.25, 0.3) is 5.91 Å². The Hall–Kier alpha value is -6.30. The molecule has 0 bridgehead atoms. The lowest BCUT2D eigenvalue weighted by Gasteiger charge is -2.04. The van der Waals surface area contributed by atoms with Crippen LogP contribution in [0.15, 0.2) is 192 Å². The summed E-state index contributed by atoms with van der Waals surface area (Å²) in [7, 11) is 0. The van der Waals surface area contributed by atoms with Gasteiger partial charge in [-0.15, -0.1) is 68.0 Å². The van der Waals surface area contributed by atoms with Gasteiger partial charge in [0.2, 0.25) is 0 Å². The predicted octanol–water partition coefficient (Wildman–Crippen LogP) is 18.7. The molecule has 12 rings (SSSR count). The number of ketones is 1. The minimum absolute atomic E-state index is 0.0197. The number of rotatable bonds is 22. The highest BCUT2D eigenvalue weighted by molar-refractivity contribution is 7.27. The van der Waals surface area contributed by atoms with Crippen LogP contribution in [0.3, 0.4) is 0 Å². The number of Topliss-reactive ketones (excluding diaryl/α,β-unsaturated/α-hetero) is 1. The molecule has 6 aromatic heterocycles. The van der Waals surface area contributed by atoms with Crippen LogP contribution in [-0.2, 0) is 61.0 Å². The van der Waals surface area contributed by atoms with E-state index in [1.807, 2.05) is 45.3 Å². The van der Waals surface area contributed by atoms with Gasteiger partial charge in [0.05, 0.1) is 21.7 Å². The number of thiophene rings is 6. The molecule has 9 heteroatoms. The minimum atomic E-state index is -0.168. The van der Waals surface area contributed by atoms with Crippen LogP contribution in [0.2, 0.25) is 0 Å². The number of carbonyl (C=O) groups is 2. The molecule has 2 aliphatic rings. The first-order chi connectivity index (χ1) is 37.5. The summed E-state index contributed by atoms with van der Waals surface area (Å²) in [5, 5.41) is 7.75. The van der Waals surface area contributed by atoms with Crippen molar-refractivity contribution in [1.82, 2.24) is 5.32 Å². The number of aryl methyl sites for hydroxylation is 8. The van der Waals surface area contributed by atoms with Gasteiger partial charge in [-0.1, -0.05) is 121 Å². The van der Waals surface area contributed by atoms with Gasteiger partial charge in [-0.3, -0.25) is 9.59 Å². The van der Waals surface area contributed by atoms with Crippen molar-refractivity contribution in [2.24, 2.45) is 0 Å². The predicted molar refractivity (Wildman–Crippen MR) is 327 cm³/mol. The molecular formula is C67H57NO2S6. The van der Waals surface area contributed by atoms with E-state index in [9.17, 15) is 9.59 Å². The van der Waals surface area contributed by atoms with E-state index in [4.69, 9.17) is 0 Å². The SMILES string of the molecule is O=C1CC(c2cc(CCCc3ccccc3)c(-c3ccc(-c4sccc4CCCc4ccccc4)s3)s2)=C2C(=O)NC(c3cc(CCCc4ccccc4)c(-c4ccc(-c5sccc5CCCc5ccccc5)s4)s3)=C12. The van der Waals surface area contributed by atoms with Gasteiger partial charge in [-0.2, -0.15) is 0 Å². The van der Waals surface area contributed by atoms with Gasteiger partial charge in [-0.25, -0.2) is 0 Å². The number of carbonyl (C=O) groups excluding carboxylic acids is 2. The smallest absolute Gasteiger partial charge is 0.256 e. The lowest BCUT2D eigenvalue weighted by molar-refractivity contribution is -0.116. The fraction of sp³-hybridized carbons (Fsp3) is 0.194. The van der Waals surface area contributed by atoms with Gasteiger partial charge in [0.15, 0.2) is 5.78 Å². The third kappa shape index (κ3) is 11.2. The average molecular weight is 1100 g/mol. The van der Waals surface area contributed by atoms with Crippen molar-refractivity contribution in [2.45, 2.75) is 83.5 Å². The topological polar surface area (TPSA) is 46.2 Å². The van der Waals surface area contributed by atoms with E-state index in [1.165, 1.54) is 83.5 Å². The lowest BCUT2D eigenvalue weighted by Crippen LogP contribution is -2.16. The van der Waals surface area contributed by atoms with Gasteiger partial charge >= 0.3 is 0 Å². The van der Waals surface area contributed by atoms with Crippen molar-refractivity contribution in [2.75, 3.05) is 0 Å². The number of nitrogens with one attached hydrogen (secondary N) is 1. The Morgan fingerprint density at radius 1 is 0.355 bits per heavy atom. The molecule has 0 spiro atoms. The first-order valence-corrected chi connectivity index (χ1v) is 31.6. The molecule has 1 N–H and O–H groups in total. The molecule has 378 valence electrons. The third-order valence-electron chi connectivity index (χ3n) is 14.7. The second kappa shape index (κ2) is 23.5. The highest BCUT2D eigenvalue weighted by atomic mass is 32.1. The normalized spacial score (nSPS) is 13.4. The summed E-state index contributed by atoms with van der Waals surface area (Å²) in [5.41, 5.74) is 13.5. The fourth-order valence-corrected chi connectivity index (χ4v) is 17.9. The highest BCUT2D eigenvalue weighted by Gasteiger charge is 2.42. The second-order valence-corrected chi connectivity index (χ2v) is 25.9. The monoisotopic (exact) mass is 1100 g/mol. The number of allylic oxidation sites excluding steroid dienone is 1. The second-order valence-electron chi connectivity index (χ2n) is 19.8. The van der Waals surface area contributed by atoms with Crippen LogP contribution >= 0.6 is 68.0 Å². The molecule has 76 heavy (non-hydrogen) atoms. The molecule has 0 atom stereocenters. The molecule has 0 saturated heterocycles. The van der Waals surface area contributed by atoms with E-state index in [2.05, 4.69) is 186 Å². The Labute approximate surface area is 470 Å². The van der Waals surface area contributed by atoms with Crippen LogP contribution in [0.5, 0.6) is 0 Å². The van der Waals surface area contributed by atoms with Gasteiger partial charge in [0.1, 0.15) is 0 Å². The van der Waals surface area contributed by atoms with Crippen LogP contribution in [0.1, 0.15) is 86.4 Å². The van der Waals surface area contributed by atoms with E-state index in [0.717, 1.165) is 92.4 Å². The number of amides is 1. The Balaban J connectivity index is 0.849. The van der Waals surface area contributed by atoms with Crippen molar-refractivity contribution in [1.29, 1.82) is 0 Å². The highest BCUT2D eigenvalue weighted by Crippen LogP contribution is 2.51. The van der Waals surface area contributed by atoms with Crippen LogP contribution in [0.4, 0.5) is 0 Å². The number of hydrogen-bond donors (Lipinski definition) is 1. The van der Waals surface area contributed by atoms with Gasteiger partial charge in [-0.05, 0) is 186 Å². The molecule has 1 amide bonds. The number of fused-ring (bicyclic) bond motifs is 1. The van der Waals surface area contributed by atoms with E-state index >= 15 is 0 Å². The molecule has 1 aliphatic carbocycles. The molecule has 0 radical (unpaired) electrons. The summed E-state index contributed by atoms with van der Waals surface area (Å²) in [4.78, 5) is 41.2. The Morgan fingerprint density at radius 3 is 1.17 bits per heavy atom. The zero-order chi connectivity index (χ0) is 51.2. The van der Waals surface area contributed by atoms with Crippen LogP contribution in [0, 0.1) is 0 Å². The molecule has 3 nitrogen and oxygen atoms in total. The zero-order valence-corrected chi connectivity index (χ0v) is 47.2. The summed E-state index contributed by atoms with van der Waals surface area (Å²) in [6.45, 7) is 0. The van der Waals surface area contributed by atoms with E-state index in [-0.39, 0.29) is 18.1 Å². The number of benzene rings is 4. The molecule has 1 aliphatic heterocycles. The summed E-state index contributed by atoms with van der Waals surface area (Å²) in [5.74, 6) is -0.148. The molecule has 7 heterocycles. The van der Waals surface area contributed by atoms with E-state index in [1.54, 1.807) is 22.7 Å². The van der Waals surface area contributed by atoms with E-state index < -0.39 is 0 Å². The van der Waals surface area contributed by atoms with Crippen molar-refractivity contribution in [3.05, 3.63) is 246 Å². The Bertz CT molecular complexity index is 3450. The largest absolute Gasteiger partial charge is 0.320 e. The first kappa shape index (κ1) is 50.5. The summed E-state index contributed by atoms with van der Waals surface area (Å²) in [6, 6.07) is 61.4. The molecule has 4 aromatic carbocycles. The van der Waals surface area contributed by atoms with Crippen molar-refractivity contribution >= 4 is 91.0 Å². The maximum absolute atomic E-state index is 14.5. The van der Waals surface area contributed by atoms with Gasteiger partial charge in [0, 0.05) is 50.3 Å². The summed E-state index contributed by atoms with van der Waals surface area (Å²) < 4.78 is 0. The average Bonchev–Trinajstić information content (AvgIpc) is 4.36. The zero-order valence-electron chi connectivity index (χ0n) is 42.3. The molecule has 10 aromatic rings. The van der Waals surface area contributed by atoms with Crippen LogP contribution in [-0.4, -0.2) is 11.7 Å². The summed E-state index contributed by atoms with van der Waals surface area (Å²) in [6.07, 6.45) is 12.5. The maximum Gasteiger partial charge on any atom is 0.256 e. The Kier molecular flexibility index (Phi) is 15.6. The fourth-order valence-electron chi connectivity index (χ4n) is 10.9. The standard InChI is InChI=1S/C67H57NO2S6/c69-53-43-52(58-41-50(31-15-27-46-21-9-3-10-22-46)65(75-58)56-35-33-54(73-56)63-48(37-39-71-63)29-13-25-44-17-5-1-6-18-44)60-61(53)62(68-67(60)70)59-42-51(32-16-28-47-23-11-4-12-24-47)66(76-59)57-36-34-55(74-57)64-49(38-40-72-64)30-14-26-45-19-7-2-8-20-45/h1-12,17-24,33-42H,13-16,25-32,43H2,(H,68,70). The third-order valence-corrected chi connectivity index (χ3v) is 21.9. The maximum atomic E-state index is 14.5. The minimum Gasteiger partial charge on any atom is -0.320 e. The van der Waals surface area contributed by atoms with E-state index in [0.29, 0.717) is 16.8 Å². The first-order valence-electron chi connectivity index (χ1n) is 26.6. The van der Waals surface area contributed by atoms with Crippen molar-refractivity contribution in [3.63, 3.8) is 0 Å². The van der Waals surface area contributed by atoms with Crippen LogP contribution in [0.25, 0.3) is 50.3 Å². The van der Waals surface area contributed by atoms with Crippen molar-refractivity contribution in [3.8, 4) is 39.0 Å².